The molecule has 34 heavy (non-hydrogen) atoms. The molecule has 3 N–H and O–H groups in total. The molecule has 2 atom stereocenters. The van der Waals surface area contributed by atoms with Crippen LogP contribution in [0.5, 0.6) is 5.88 Å². The van der Waals surface area contributed by atoms with E-state index in [4.69, 9.17) is 4.74 Å². The molecule has 0 saturated heterocycles. The number of aliphatic hydroxyl groups is 1. The number of amides is 2. The Hall–Kier alpha value is -2.35. The average molecular weight is 473 g/mol. The largest absolute Gasteiger partial charge is 0.474 e. The summed E-state index contributed by atoms with van der Waals surface area (Å²) < 4.78 is 7.56. The van der Waals surface area contributed by atoms with Gasteiger partial charge >= 0.3 is 0 Å². The number of ether oxygens (including phenoxy) is 1. The van der Waals surface area contributed by atoms with E-state index in [0.717, 1.165) is 38.5 Å². The van der Waals surface area contributed by atoms with Gasteiger partial charge in [-0.3, -0.25) is 9.59 Å². The Kier molecular flexibility index (Phi) is 6.82. The van der Waals surface area contributed by atoms with Crippen molar-refractivity contribution in [2.45, 2.75) is 103 Å². The fourth-order valence-corrected chi connectivity index (χ4v) is 6.35. The molecule has 8 nitrogen and oxygen atoms in total. The van der Waals surface area contributed by atoms with E-state index in [0.29, 0.717) is 35.6 Å². The summed E-state index contributed by atoms with van der Waals surface area (Å²) in [4.78, 5) is 25.4. The normalized spacial score (nSPS) is 30.2. The third-order valence-electron chi connectivity index (χ3n) is 7.45. The topological polar surface area (TPSA) is 105 Å². The maximum absolute atomic E-state index is 13.4. The Labute approximate surface area is 202 Å². The van der Waals surface area contributed by atoms with E-state index in [1.165, 1.54) is 0 Å². The van der Waals surface area contributed by atoms with Crippen LogP contribution in [0.3, 0.4) is 0 Å². The van der Waals surface area contributed by atoms with Crippen LogP contribution in [0.15, 0.2) is 12.3 Å². The molecule has 1 aromatic heterocycles. The Morgan fingerprint density at radius 1 is 1.29 bits per heavy atom. The SMILES string of the molecule is CCCC(=O)NC(C)(C)C=Cn1ncc(C(=O)NC2C3CC4CC2CC(O)(C4)C3)c1OC(C)C. The van der Waals surface area contributed by atoms with Crippen molar-refractivity contribution in [2.24, 2.45) is 17.8 Å². The highest BCUT2D eigenvalue weighted by Gasteiger charge is 2.55. The van der Waals surface area contributed by atoms with Gasteiger partial charge in [-0.25, -0.2) is 4.68 Å². The summed E-state index contributed by atoms with van der Waals surface area (Å²) in [6, 6.07) is 0.0860. The quantitative estimate of drug-likeness (QED) is 0.510. The van der Waals surface area contributed by atoms with Gasteiger partial charge in [0.15, 0.2) is 0 Å². The van der Waals surface area contributed by atoms with Crippen LogP contribution in [0.2, 0.25) is 0 Å². The van der Waals surface area contributed by atoms with E-state index in [2.05, 4.69) is 15.7 Å². The van der Waals surface area contributed by atoms with E-state index >= 15 is 0 Å². The maximum Gasteiger partial charge on any atom is 0.258 e. The maximum atomic E-state index is 13.4. The van der Waals surface area contributed by atoms with Gasteiger partial charge in [-0.15, -0.1) is 0 Å². The van der Waals surface area contributed by atoms with E-state index in [1.807, 2.05) is 40.7 Å². The molecule has 4 fully saturated rings. The van der Waals surface area contributed by atoms with Crippen LogP contribution in [-0.4, -0.2) is 50.0 Å². The number of hydrogen-bond acceptors (Lipinski definition) is 5. The molecule has 4 aliphatic rings. The summed E-state index contributed by atoms with van der Waals surface area (Å²) >= 11 is 0. The standard InChI is InChI=1S/C26H40N4O4/c1-6-7-21(31)29-25(4,5)8-9-30-24(34-16(2)3)20(15-27-30)23(32)28-22-18-10-17-11-19(22)14-26(33,12-17)13-18/h8-9,15-19,22,33H,6-7,10-14H2,1-5H3,(H,28,32)(H,29,31). The fraction of sp³-hybridized carbons (Fsp3) is 0.731. The molecule has 4 aliphatic carbocycles. The third kappa shape index (κ3) is 5.32. The number of carbonyl (C=O) groups excluding carboxylic acids is 2. The van der Waals surface area contributed by atoms with Crippen molar-refractivity contribution >= 4 is 18.0 Å². The fourth-order valence-electron chi connectivity index (χ4n) is 6.35. The first kappa shape index (κ1) is 24.8. The summed E-state index contributed by atoms with van der Waals surface area (Å²) in [5, 5.41) is 21.5. The minimum atomic E-state index is -0.573. The minimum Gasteiger partial charge on any atom is -0.474 e. The highest BCUT2D eigenvalue weighted by Crippen LogP contribution is 2.55. The molecule has 2 unspecified atom stereocenters. The van der Waals surface area contributed by atoms with Gasteiger partial charge in [-0.1, -0.05) is 6.92 Å². The smallest absolute Gasteiger partial charge is 0.258 e. The van der Waals surface area contributed by atoms with Gasteiger partial charge in [0.2, 0.25) is 11.8 Å². The lowest BCUT2D eigenvalue weighted by atomic mass is 9.52. The molecule has 188 valence electrons. The van der Waals surface area contributed by atoms with Gasteiger partial charge in [0.25, 0.3) is 5.91 Å². The second-order valence-electron chi connectivity index (χ2n) is 11.5. The van der Waals surface area contributed by atoms with E-state index in [1.54, 1.807) is 17.1 Å². The van der Waals surface area contributed by atoms with Gasteiger partial charge in [0.05, 0.1) is 23.4 Å². The van der Waals surface area contributed by atoms with Crippen molar-refractivity contribution in [1.29, 1.82) is 0 Å². The zero-order valence-corrected chi connectivity index (χ0v) is 21.1. The summed E-state index contributed by atoms with van der Waals surface area (Å²) in [5.41, 5.74) is -0.701. The van der Waals surface area contributed by atoms with E-state index in [9.17, 15) is 14.7 Å². The van der Waals surface area contributed by atoms with Gasteiger partial charge < -0.3 is 20.5 Å². The van der Waals surface area contributed by atoms with Crippen molar-refractivity contribution in [2.75, 3.05) is 0 Å². The lowest BCUT2D eigenvalue weighted by Gasteiger charge is -2.58. The molecule has 8 heteroatoms. The Morgan fingerprint density at radius 2 is 1.97 bits per heavy atom. The predicted molar refractivity (Wildman–Crippen MR) is 130 cm³/mol. The Balaban J connectivity index is 1.50. The Bertz CT molecular complexity index is 935. The first-order chi connectivity index (χ1) is 16.0. The highest BCUT2D eigenvalue weighted by molar-refractivity contribution is 5.96. The van der Waals surface area contributed by atoms with Crippen LogP contribution in [0.4, 0.5) is 0 Å². The van der Waals surface area contributed by atoms with Crippen LogP contribution in [0, 0.1) is 17.8 Å². The minimum absolute atomic E-state index is 0.00309. The average Bonchev–Trinajstić information content (AvgIpc) is 3.09. The van der Waals surface area contributed by atoms with Crippen LogP contribution >= 0.6 is 0 Å². The van der Waals surface area contributed by atoms with Crippen molar-refractivity contribution in [1.82, 2.24) is 20.4 Å². The van der Waals surface area contributed by atoms with E-state index in [-0.39, 0.29) is 24.0 Å². The van der Waals surface area contributed by atoms with Crippen molar-refractivity contribution in [3.05, 3.63) is 17.8 Å². The molecule has 1 aromatic rings. The molecular weight excluding hydrogens is 432 g/mol. The number of rotatable bonds is 9. The van der Waals surface area contributed by atoms with Crippen LogP contribution in [-0.2, 0) is 4.79 Å². The van der Waals surface area contributed by atoms with Crippen molar-refractivity contribution < 1.29 is 19.4 Å². The number of nitrogens with one attached hydrogen (secondary N) is 2. The molecule has 0 aromatic carbocycles. The Morgan fingerprint density at radius 3 is 2.56 bits per heavy atom. The number of carbonyl (C=O) groups is 2. The molecule has 2 amide bonds. The second kappa shape index (κ2) is 9.36. The highest BCUT2D eigenvalue weighted by atomic mass is 16.5. The lowest BCUT2D eigenvalue weighted by molar-refractivity contribution is -0.137. The van der Waals surface area contributed by atoms with Crippen molar-refractivity contribution in [3.8, 4) is 5.88 Å². The molecule has 1 heterocycles. The summed E-state index contributed by atoms with van der Waals surface area (Å²) in [6.45, 7) is 9.63. The first-order valence-corrected chi connectivity index (χ1v) is 12.8. The second-order valence-corrected chi connectivity index (χ2v) is 11.5. The zero-order valence-electron chi connectivity index (χ0n) is 21.1. The number of aromatic nitrogens is 2. The first-order valence-electron chi connectivity index (χ1n) is 12.8. The van der Waals surface area contributed by atoms with Gasteiger partial charge in [-0.05, 0) is 90.0 Å². The molecule has 4 saturated carbocycles. The molecular formula is C26H40N4O4. The van der Waals surface area contributed by atoms with E-state index < -0.39 is 11.1 Å². The zero-order chi connectivity index (χ0) is 24.7. The van der Waals surface area contributed by atoms with Crippen LogP contribution in [0.25, 0.3) is 6.20 Å². The van der Waals surface area contributed by atoms with Crippen LogP contribution in [0.1, 0.15) is 89.9 Å². The summed E-state index contributed by atoms with van der Waals surface area (Å²) in [7, 11) is 0. The van der Waals surface area contributed by atoms with Crippen molar-refractivity contribution in [3.63, 3.8) is 0 Å². The lowest BCUT2D eigenvalue weighted by Crippen LogP contribution is -2.61. The number of hydrogen-bond donors (Lipinski definition) is 3. The number of nitrogens with zero attached hydrogens (tertiary/aromatic N) is 2. The molecule has 4 bridgehead atoms. The summed E-state index contributed by atoms with van der Waals surface area (Å²) in [6.07, 6.45) is 10.9. The molecule has 0 radical (unpaired) electrons. The molecule has 0 aliphatic heterocycles. The monoisotopic (exact) mass is 472 g/mol. The summed E-state index contributed by atoms with van der Waals surface area (Å²) in [5.74, 6) is 1.45. The van der Waals surface area contributed by atoms with Crippen LogP contribution < -0.4 is 15.4 Å². The molecule has 0 spiro atoms. The predicted octanol–water partition coefficient (Wildman–Crippen LogP) is 3.51. The molecule has 5 rings (SSSR count). The van der Waals surface area contributed by atoms with Gasteiger partial charge in [0, 0.05) is 18.7 Å². The third-order valence-corrected chi connectivity index (χ3v) is 7.45. The van der Waals surface area contributed by atoms with Gasteiger partial charge in [-0.2, -0.15) is 5.10 Å². The van der Waals surface area contributed by atoms with Gasteiger partial charge in [0.1, 0.15) is 5.56 Å².